The second-order valence-electron chi connectivity index (χ2n) is 4.94. The van der Waals surface area contributed by atoms with E-state index >= 15 is 0 Å². The molecule has 1 aliphatic rings. The molecule has 0 radical (unpaired) electrons. The molecule has 0 saturated carbocycles. The van der Waals surface area contributed by atoms with Crippen LogP contribution in [0.3, 0.4) is 0 Å². The van der Waals surface area contributed by atoms with Gasteiger partial charge in [0.15, 0.2) is 5.96 Å². The average Bonchev–Trinajstić information content (AvgIpc) is 2.68. The molecule has 0 aromatic rings. The summed E-state index contributed by atoms with van der Waals surface area (Å²) in [4.78, 5) is 7.21. The van der Waals surface area contributed by atoms with Crippen LogP contribution in [0.1, 0.15) is 32.6 Å². The van der Waals surface area contributed by atoms with Crippen LogP contribution in [0.5, 0.6) is 0 Å². The Hall–Kier alpha value is 0.310. The number of thioether (sulfide) groups is 1. The van der Waals surface area contributed by atoms with Crippen LogP contribution >= 0.6 is 35.7 Å². The summed E-state index contributed by atoms with van der Waals surface area (Å²) in [6, 6.07) is 0. The lowest BCUT2D eigenvalue weighted by molar-refractivity contribution is 0.293. The Morgan fingerprint density at radius 1 is 1.15 bits per heavy atom. The maximum absolute atomic E-state index is 4.65. The van der Waals surface area contributed by atoms with Crippen molar-refractivity contribution in [3.8, 4) is 0 Å². The van der Waals surface area contributed by atoms with Gasteiger partial charge >= 0.3 is 0 Å². The number of hydrogen-bond acceptors (Lipinski definition) is 3. The summed E-state index contributed by atoms with van der Waals surface area (Å²) in [7, 11) is 0. The van der Waals surface area contributed by atoms with Gasteiger partial charge in [0.2, 0.25) is 0 Å². The Labute approximate surface area is 145 Å². The molecule has 4 nitrogen and oxygen atoms in total. The molecule has 0 aromatic carbocycles. The Bertz CT molecular complexity index is 243. The highest BCUT2D eigenvalue weighted by molar-refractivity contribution is 14.0. The molecule has 1 saturated heterocycles. The van der Waals surface area contributed by atoms with Crippen LogP contribution in [-0.4, -0.2) is 62.1 Å². The van der Waals surface area contributed by atoms with Gasteiger partial charge in [-0.25, -0.2) is 0 Å². The number of hydrogen-bond donors (Lipinski definition) is 2. The van der Waals surface area contributed by atoms with Gasteiger partial charge in [-0.2, -0.15) is 11.8 Å². The summed E-state index contributed by atoms with van der Waals surface area (Å²) in [5.41, 5.74) is 0. The van der Waals surface area contributed by atoms with Crippen LogP contribution in [0.4, 0.5) is 0 Å². The smallest absolute Gasteiger partial charge is 0.191 e. The number of likely N-dealkylation sites (tertiary alicyclic amines) is 1. The first-order valence-electron chi connectivity index (χ1n) is 7.60. The monoisotopic (exact) mass is 414 g/mol. The topological polar surface area (TPSA) is 39.7 Å². The molecule has 0 amide bonds. The first kappa shape index (κ1) is 20.3. The van der Waals surface area contributed by atoms with E-state index in [1.165, 1.54) is 38.8 Å². The SMILES string of the molecule is CCNC(=NCCN1CCCCCC1)NCCSC.I. The quantitative estimate of drug-likeness (QED) is 0.291. The highest BCUT2D eigenvalue weighted by Gasteiger charge is 2.07. The van der Waals surface area contributed by atoms with Gasteiger partial charge in [-0.15, -0.1) is 24.0 Å². The van der Waals surface area contributed by atoms with Gasteiger partial charge < -0.3 is 15.5 Å². The third-order valence-electron chi connectivity index (χ3n) is 3.33. The molecule has 0 aliphatic carbocycles. The van der Waals surface area contributed by atoms with E-state index in [9.17, 15) is 0 Å². The summed E-state index contributed by atoms with van der Waals surface area (Å²) in [5, 5.41) is 6.67. The number of nitrogens with one attached hydrogen (secondary N) is 2. The Morgan fingerprint density at radius 3 is 2.45 bits per heavy atom. The Balaban J connectivity index is 0.00000361. The summed E-state index contributed by atoms with van der Waals surface area (Å²) < 4.78 is 0. The number of halogens is 1. The molecule has 0 spiro atoms. The van der Waals surface area contributed by atoms with Crippen molar-refractivity contribution in [3.05, 3.63) is 0 Å². The molecule has 1 aliphatic heterocycles. The lowest BCUT2D eigenvalue weighted by Gasteiger charge is -2.18. The summed E-state index contributed by atoms with van der Waals surface area (Å²) in [5.74, 6) is 2.09. The predicted octanol–water partition coefficient (Wildman–Crippen LogP) is 2.40. The zero-order valence-electron chi connectivity index (χ0n) is 13.0. The molecule has 6 heteroatoms. The largest absolute Gasteiger partial charge is 0.357 e. The van der Waals surface area contributed by atoms with Crippen molar-refractivity contribution < 1.29 is 0 Å². The van der Waals surface area contributed by atoms with E-state index in [0.717, 1.165) is 37.9 Å². The van der Waals surface area contributed by atoms with Crippen molar-refractivity contribution in [3.63, 3.8) is 0 Å². The third kappa shape index (κ3) is 10.1. The zero-order valence-corrected chi connectivity index (χ0v) is 16.1. The first-order valence-corrected chi connectivity index (χ1v) is 8.99. The molecule has 2 N–H and O–H groups in total. The minimum absolute atomic E-state index is 0. The third-order valence-corrected chi connectivity index (χ3v) is 3.94. The molecule has 1 fully saturated rings. The zero-order chi connectivity index (χ0) is 13.8. The second-order valence-corrected chi connectivity index (χ2v) is 5.92. The fourth-order valence-electron chi connectivity index (χ4n) is 2.28. The van der Waals surface area contributed by atoms with Crippen molar-refractivity contribution in [2.45, 2.75) is 32.6 Å². The van der Waals surface area contributed by atoms with Crippen molar-refractivity contribution in [2.75, 3.05) is 51.3 Å². The van der Waals surface area contributed by atoms with Gasteiger partial charge in [0, 0.05) is 25.4 Å². The van der Waals surface area contributed by atoms with Gasteiger partial charge in [-0.1, -0.05) is 12.8 Å². The highest BCUT2D eigenvalue weighted by Crippen LogP contribution is 2.08. The van der Waals surface area contributed by atoms with Crippen LogP contribution in [0.2, 0.25) is 0 Å². The standard InChI is InChI=1S/C14H30N4S.HI/c1-3-15-14(17-9-13-19-2)16-8-12-18-10-6-4-5-7-11-18;/h3-13H2,1-2H3,(H2,15,16,17);1H. The average molecular weight is 414 g/mol. The molecule has 0 atom stereocenters. The van der Waals surface area contributed by atoms with E-state index in [-0.39, 0.29) is 24.0 Å². The predicted molar refractivity (Wildman–Crippen MR) is 103 cm³/mol. The summed E-state index contributed by atoms with van der Waals surface area (Å²) in [6.07, 6.45) is 7.65. The van der Waals surface area contributed by atoms with Crippen LogP contribution in [0.15, 0.2) is 4.99 Å². The van der Waals surface area contributed by atoms with Crippen LogP contribution in [0, 0.1) is 0 Å². The van der Waals surface area contributed by atoms with E-state index in [4.69, 9.17) is 0 Å². The number of rotatable bonds is 7. The van der Waals surface area contributed by atoms with Gasteiger partial charge in [0.05, 0.1) is 6.54 Å². The number of nitrogens with zero attached hydrogens (tertiary/aromatic N) is 2. The minimum Gasteiger partial charge on any atom is -0.357 e. The second kappa shape index (κ2) is 14.3. The van der Waals surface area contributed by atoms with E-state index in [1.807, 2.05) is 11.8 Å². The molecule has 1 rings (SSSR count). The molecule has 0 aromatic heterocycles. The van der Waals surface area contributed by atoms with Crippen LogP contribution in [0.25, 0.3) is 0 Å². The fourth-order valence-corrected chi connectivity index (χ4v) is 2.58. The number of guanidine groups is 1. The molecule has 20 heavy (non-hydrogen) atoms. The normalized spacial score (nSPS) is 17.2. The Morgan fingerprint density at radius 2 is 1.85 bits per heavy atom. The van der Waals surface area contributed by atoms with Gasteiger partial charge in [-0.3, -0.25) is 4.99 Å². The molecule has 1 heterocycles. The maximum atomic E-state index is 4.65. The van der Waals surface area contributed by atoms with E-state index in [1.54, 1.807) is 0 Å². The van der Waals surface area contributed by atoms with E-state index in [2.05, 4.69) is 33.7 Å². The number of aliphatic imine (C=N–C) groups is 1. The van der Waals surface area contributed by atoms with Gasteiger partial charge in [-0.05, 0) is 39.1 Å². The summed E-state index contributed by atoms with van der Waals surface area (Å²) in [6.45, 7) is 8.53. The van der Waals surface area contributed by atoms with Crippen LogP contribution < -0.4 is 10.6 Å². The molecular weight excluding hydrogens is 383 g/mol. The first-order chi connectivity index (χ1) is 9.36. The highest BCUT2D eigenvalue weighted by atomic mass is 127. The van der Waals surface area contributed by atoms with E-state index in [0.29, 0.717) is 0 Å². The maximum Gasteiger partial charge on any atom is 0.191 e. The van der Waals surface area contributed by atoms with Crippen molar-refractivity contribution >= 4 is 41.7 Å². The van der Waals surface area contributed by atoms with Gasteiger partial charge in [0.25, 0.3) is 0 Å². The van der Waals surface area contributed by atoms with Crippen molar-refractivity contribution in [1.82, 2.24) is 15.5 Å². The molecule has 0 unspecified atom stereocenters. The van der Waals surface area contributed by atoms with Crippen molar-refractivity contribution in [2.24, 2.45) is 4.99 Å². The van der Waals surface area contributed by atoms with Gasteiger partial charge in [0.1, 0.15) is 0 Å². The lowest BCUT2D eigenvalue weighted by atomic mass is 10.2. The van der Waals surface area contributed by atoms with Crippen molar-refractivity contribution in [1.29, 1.82) is 0 Å². The Kier molecular flexibility index (Phi) is 14.5. The minimum atomic E-state index is 0. The lowest BCUT2D eigenvalue weighted by Crippen LogP contribution is -2.39. The molecule has 0 bridgehead atoms. The fraction of sp³-hybridized carbons (Fsp3) is 0.929. The van der Waals surface area contributed by atoms with Crippen LogP contribution in [-0.2, 0) is 0 Å². The van der Waals surface area contributed by atoms with E-state index < -0.39 is 0 Å². The molecule has 120 valence electrons. The summed E-state index contributed by atoms with van der Waals surface area (Å²) >= 11 is 1.86. The molecular formula is C14H31IN4S.